The first-order valence-corrected chi connectivity index (χ1v) is 8.05. The molecule has 0 atom stereocenters. The topological polar surface area (TPSA) is 42.2 Å². The summed E-state index contributed by atoms with van der Waals surface area (Å²) in [6, 6.07) is 16.5. The lowest BCUT2D eigenvalue weighted by molar-refractivity contribution is -0.110. The number of benzene rings is 2. The summed E-state index contributed by atoms with van der Waals surface area (Å²) in [5.41, 5.74) is 3.09. The molecule has 2 heterocycles. The van der Waals surface area contributed by atoms with Gasteiger partial charge in [0.05, 0.1) is 15.6 Å². The predicted octanol–water partition coefficient (Wildman–Crippen LogP) is 5.75. The Morgan fingerprint density at radius 2 is 1.79 bits per heavy atom. The molecule has 0 fully saturated rings. The first-order valence-electron chi connectivity index (χ1n) is 7.29. The zero-order valence-corrected chi connectivity index (χ0v) is 13.9. The molecule has 118 valence electrons. The van der Waals surface area contributed by atoms with Crippen molar-refractivity contribution in [3.05, 3.63) is 76.0 Å². The zero-order chi connectivity index (χ0) is 16.7. The monoisotopic (exact) mass is 355 g/mol. The predicted molar refractivity (Wildman–Crippen MR) is 97.1 cm³/mol. The van der Waals surface area contributed by atoms with Crippen molar-refractivity contribution < 1.29 is 9.21 Å². The highest BCUT2D eigenvalue weighted by atomic mass is 35.5. The lowest BCUT2D eigenvalue weighted by Crippen LogP contribution is -2.03. The molecule has 3 nitrogen and oxygen atoms in total. The summed E-state index contributed by atoms with van der Waals surface area (Å²) in [6.45, 7) is 0. The van der Waals surface area contributed by atoms with Gasteiger partial charge in [0.15, 0.2) is 0 Å². The summed E-state index contributed by atoms with van der Waals surface area (Å²) in [6.07, 6.45) is 1.74. The smallest absolute Gasteiger partial charge is 0.256 e. The molecule has 1 aromatic heterocycles. The van der Waals surface area contributed by atoms with Crippen LogP contribution in [-0.2, 0) is 4.79 Å². The molecule has 4 rings (SSSR count). The molecule has 0 unspecified atom stereocenters. The Kier molecular flexibility index (Phi) is 3.68. The number of fused-ring (bicyclic) bond motifs is 1. The van der Waals surface area contributed by atoms with E-state index in [4.69, 9.17) is 27.6 Å². The van der Waals surface area contributed by atoms with Crippen LogP contribution in [-0.4, -0.2) is 5.91 Å². The third kappa shape index (κ3) is 2.62. The average Bonchev–Trinajstić information content (AvgIpc) is 3.16. The molecular weight excluding hydrogens is 345 g/mol. The molecule has 0 spiro atoms. The Hall–Kier alpha value is -2.49. The lowest BCUT2D eigenvalue weighted by atomic mass is 10.1. The van der Waals surface area contributed by atoms with Gasteiger partial charge in [-0.2, -0.15) is 0 Å². The lowest BCUT2D eigenvalue weighted by Gasteiger charge is -2.00. The molecule has 1 aliphatic heterocycles. The number of rotatable bonds is 2. The van der Waals surface area contributed by atoms with Gasteiger partial charge < -0.3 is 9.73 Å². The van der Waals surface area contributed by atoms with Gasteiger partial charge in [-0.3, -0.25) is 4.79 Å². The fraction of sp³-hybridized carbons (Fsp3) is 0. The normalized spacial score (nSPS) is 14.8. The highest BCUT2D eigenvalue weighted by Gasteiger charge is 2.23. The van der Waals surface area contributed by atoms with E-state index in [9.17, 15) is 4.79 Å². The third-order valence-electron chi connectivity index (χ3n) is 3.83. The van der Waals surface area contributed by atoms with Crippen LogP contribution in [0.15, 0.2) is 59.0 Å². The molecule has 0 bridgehead atoms. The zero-order valence-electron chi connectivity index (χ0n) is 12.3. The van der Waals surface area contributed by atoms with Crippen LogP contribution in [0.3, 0.4) is 0 Å². The summed E-state index contributed by atoms with van der Waals surface area (Å²) in [5, 5.41) is 3.80. The largest absolute Gasteiger partial charge is 0.457 e. The fourth-order valence-electron chi connectivity index (χ4n) is 2.66. The van der Waals surface area contributed by atoms with Gasteiger partial charge in [0.2, 0.25) is 0 Å². The quantitative estimate of drug-likeness (QED) is 0.595. The van der Waals surface area contributed by atoms with Crippen molar-refractivity contribution in [2.24, 2.45) is 0 Å². The van der Waals surface area contributed by atoms with Crippen LogP contribution in [0.4, 0.5) is 5.69 Å². The van der Waals surface area contributed by atoms with Gasteiger partial charge in [0, 0.05) is 16.8 Å². The van der Waals surface area contributed by atoms with Crippen LogP contribution >= 0.6 is 23.2 Å². The van der Waals surface area contributed by atoms with Crippen molar-refractivity contribution in [1.29, 1.82) is 0 Å². The van der Waals surface area contributed by atoms with Crippen LogP contribution in [0.5, 0.6) is 0 Å². The number of furan rings is 1. The van der Waals surface area contributed by atoms with Crippen molar-refractivity contribution in [3.8, 4) is 11.3 Å². The van der Waals surface area contributed by atoms with E-state index < -0.39 is 0 Å². The van der Waals surface area contributed by atoms with E-state index >= 15 is 0 Å². The third-order valence-corrected chi connectivity index (χ3v) is 4.57. The maximum absolute atomic E-state index is 12.1. The highest BCUT2D eigenvalue weighted by Crippen LogP contribution is 2.34. The van der Waals surface area contributed by atoms with Crippen molar-refractivity contribution in [2.75, 3.05) is 5.32 Å². The van der Waals surface area contributed by atoms with E-state index in [0.29, 0.717) is 27.1 Å². The number of hydrogen-bond acceptors (Lipinski definition) is 2. The Morgan fingerprint density at radius 3 is 2.62 bits per heavy atom. The Balaban J connectivity index is 1.71. The second kappa shape index (κ2) is 5.86. The summed E-state index contributed by atoms with van der Waals surface area (Å²) in [7, 11) is 0. The minimum absolute atomic E-state index is 0.135. The van der Waals surface area contributed by atoms with Crippen LogP contribution in [0.2, 0.25) is 10.0 Å². The van der Waals surface area contributed by atoms with Gasteiger partial charge in [0.25, 0.3) is 5.91 Å². The second-order valence-corrected chi connectivity index (χ2v) is 6.20. The summed E-state index contributed by atoms with van der Waals surface area (Å²) < 4.78 is 5.83. The minimum atomic E-state index is -0.135. The molecule has 0 saturated carbocycles. The molecule has 0 radical (unpaired) electrons. The molecule has 5 heteroatoms. The number of anilines is 1. The molecule has 1 aliphatic rings. The Labute approximate surface area is 148 Å². The summed E-state index contributed by atoms with van der Waals surface area (Å²) in [4.78, 5) is 12.1. The van der Waals surface area contributed by atoms with Crippen molar-refractivity contribution >= 4 is 46.4 Å². The first-order chi connectivity index (χ1) is 11.6. The minimum Gasteiger partial charge on any atom is -0.457 e. The number of nitrogens with one attached hydrogen (secondary N) is 1. The molecular formula is C19H11Cl2NO2. The molecule has 0 aliphatic carbocycles. The van der Waals surface area contributed by atoms with Crippen LogP contribution in [0, 0.1) is 0 Å². The molecule has 24 heavy (non-hydrogen) atoms. The van der Waals surface area contributed by atoms with Crippen molar-refractivity contribution in [1.82, 2.24) is 0 Å². The number of halogens is 2. The summed E-state index contributed by atoms with van der Waals surface area (Å²) >= 11 is 12.0. The maximum Gasteiger partial charge on any atom is 0.256 e. The van der Waals surface area contributed by atoms with E-state index in [1.165, 1.54) is 0 Å². The standard InChI is InChI=1S/C19H11Cl2NO2/c20-15-7-5-11(9-16(15)21)18-8-6-12(24-18)10-14-13-3-1-2-4-17(13)22-19(14)23/h1-10H,(H,22,23)/b14-10-. The van der Waals surface area contributed by atoms with Crippen LogP contribution in [0.25, 0.3) is 23.0 Å². The van der Waals surface area contributed by atoms with Gasteiger partial charge in [-0.05, 0) is 42.5 Å². The number of carbonyl (C=O) groups excluding carboxylic acids is 1. The molecule has 0 saturated heterocycles. The van der Waals surface area contributed by atoms with Gasteiger partial charge in [-0.25, -0.2) is 0 Å². The Morgan fingerprint density at radius 1 is 0.958 bits per heavy atom. The van der Waals surface area contributed by atoms with Crippen LogP contribution in [0.1, 0.15) is 11.3 Å². The number of carbonyl (C=O) groups is 1. The van der Waals surface area contributed by atoms with E-state index in [1.807, 2.05) is 42.5 Å². The number of amides is 1. The van der Waals surface area contributed by atoms with Crippen LogP contribution < -0.4 is 5.32 Å². The average molecular weight is 356 g/mol. The van der Waals surface area contributed by atoms with E-state index in [2.05, 4.69) is 5.32 Å². The van der Waals surface area contributed by atoms with Crippen molar-refractivity contribution in [3.63, 3.8) is 0 Å². The van der Waals surface area contributed by atoms with Crippen molar-refractivity contribution in [2.45, 2.75) is 0 Å². The SMILES string of the molecule is O=C1Nc2ccccc2/C1=C/c1ccc(-c2ccc(Cl)c(Cl)c2)o1. The first kappa shape index (κ1) is 15.1. The second-order valence-electron chi connectivity index (χ2n) is 5.39. The molecule has 1 amide bonds. The van der Waals surface area contributed by atoms with Gasteiger partial charge in [-0.15, -0.1) is 0 Å². The highest BCUT2D eigenvalue weighted by molar-refractivity contribution is 6.42. The van der Waals surface area contributed by atoms with Gasteiger partial charge in [0.1, 0.15) is 11.5 Å². The maximum atomic E-state index is 12.1. The molecule has 1 N–H and O–H groups in total. The van der Waals surface area contributed by atoms with E-state index in [-0.39, 0.29) is 5.91 Å². The molecule has 3 aromatic rings. The number of hydrogen-bond donors (Lipinski definition) is 1. The summed E-state index contributed by atoms with van der Waals surface area (Å²) in [5.74, 6) is 1.12. The van der Waals surface area contributed by atoms with Gasteiger partial charge >= 0.3 is 0 Å². The number of para-hydroxylation sites is 1. The molecule has 2 aromatic carbocycles. The van der Waals surface area contributed by atoms with E-state index in [0.717, 1.165) is 16.8 Å². The van der Waals surface area contributed by atoms with E-state index in [1.54, 1.807) is 18.2 Å². The van der Waals surface area contributed by atoms with Gasteiger partial charge in [-0.1, -0.05) is 41.4 Å². The fourth-order valence-corrected chi connectivity index (χ4v) is 2.96. The Bertz CT molecular complexity index is 989.